The molecule has 0 radical (unpaired) electrons. The molecule has 5 heteroatoms. The van der Waals surface area contributed by atoms with E-state index >= 15 is 0 Å². The van der Waals surface area contributed by atoms with E-state index in [2.05, 4.69) is 5.32 Å². The minimum atomic E-state index is -0.277. The lowest BCUT2D eigenvalue weighted by atomic mass is 10.1. The number of halogens is 1. The van der Waals surface area contributed by atoms with E-state index in [0.717, 1.165) is 11.1 Å². The molecule has 1 amide bonds. The van der Waals surface area contributed by atoms with E-state index in [1.54, 1.807) is 24.1 Å². The standard InChI is InChI=1S/C19H23FN2O2/c1-24-12-11-21-13-19(23)22(14-16-5-3-2-4-6-16)15-17-7-9-18(20)10-8-17/h2-10,21H,11-15H2,1H3. The Kier molecular flexibility index (Phi) is 7.39. The minimum Gasteiger partial charge on any atom is -0.383 e. The summed E-state index contributed by atoms with van der Waals surface area (Å²) >= 11 is 0. The zero-order chi connectivity index (χ0) is 17.2. The van der Waals surface area contributed by atoms with E-state index in [0.29, 0.717) is 26.2 Å². The van der Waals surface area contributed by atoms with Crippen molar-refractivity contribution in [3.8, 4) is 0 Å². The van der Waals surface area contributed by atoms with E-state index in [4.69, 9.17) is 4.74 Å². The normalized spacial score (nSPS) is 10.6. The number of nitrogens with one attached hydrogen (secondary N) is 1. The van der Waals surface area contributed by atoms with E-state index in [1.165, 1.54) is 12.1 Å². The first kappa shape index (κ1) is 18.1. The minimum absolute atomic E-state index is 0.000666. The molecule has 0 aliphatic carbocycles. The van der Waals surface area contributed by atoms with E-state index in [1.807, 2.05) is 30.3 Å². The van der Waals surface area contributed by atoms with Gasteiger partial charge in [-0.1, -0.05) is 42.5 Å². The number of nitrogens with zero attached hydrogens (tertiary/aromatic N) is 1. The first-order valence-electron chi connectivity index (χ1n) is 7.95. The van der Waals surface area contributed by atoms with Gasteiger partial charge in [0.2, 0.25) is 5.91 Å². The Hall–Kier alpha value is -2.24. The molecule has 0 atom stereocenters. The Balaban J connectivity index is 2.02. The van der Waals surface area contributed by atoms with Crippen molar-refractivity contribution in [3.05, 3.63) is 71.5 Å². The molecule has 0 saturated heterocycles. The molecule has 1 N–H and O–H groups in total. The lowest BCUT2D eigenvalue weighted by Crippen LogP contribution is -2.38. The smallest absolute Gasteiger partial charge is 0.237 e. The van der Waals surface area contributed by atoms with Crippen LogP contribution in [0.3, 0.4) is 0 Å². The van der Waals surface area contributed by atoms with Crippen molar-refractivity contribution < 1.29 is 13.9 Å². The number of carbonyl (C=O) groups excluding carboxylic acids is 1. The second-order valence-corrected chi connectivity index (χ2v) is 5.53. The van der Waals surface area contributed by atoms with Crippen LogP contribution in [0.4, 0.5) is 4.39 Å². The SMILES string of the molecule is COCCNCC(=O)N(Cc1ccccc1)Cc1ccc(F)cc1. The van der Waals surface area contributed by atoms with Crippen molar-refractivity contribution >= 4 is 5.91 Å². The van der Waals surface area contributed by atoms with Crippen LogP contribution in [0.25, 0.3) is 0 Å². The summed E-state index contributed by atoms with van der Waals surface area (Å²) in [6.45, 7) is 2.39. The molecule has 2 aromatic rings. The fraction of sp³-hybridized carbons (Fsp3) is 0.316. The molecule has 0 unspecified atom stereocenters. The van der Waals surface area contributed by atoms with Crippen LogP contribution < -0.4 is 5.32 Å². The maximum Gasteiger partial charge on any atom is 0.237 e. The first-order valence-corrected chi connectivity index (χ1v) is 7.95. The van der Waals surface area contributed by atoms with Crippen LogP contribution in [0.15, 0.2) is 54.6 Å². The Morgan fingerprint density at radius 3 is 2.29 bits per heavy atom. The van der Waals surface area contributed by atoms with Gasteiger partial charge in [0.15, 0.2) is 0 Å². The molecule has 0 bridgehead atoms. The lowest BCUT2D eigenvalue weighted by Gasteiger charge is -2.23. The van der Waals surface area contributed by atoms with Gasteiger partial charge < -0.3 is 15.0 Å². The molecule has 2 aromatic carbocycles. The number of carbonyl (C=O) groups is 1. The van der Waals surface area contributed by atoms with Gasteiger partial charge >= 0.3 is 0 Å². The molecule has 0 aliphatic heterocycles. The zero-order valence-electron chi connectivity index (χ0n) is 13.9. The number of hydrogen-bond acceptors (Lipinski definition) is 3. The van der Waals surface area contributed by atoms with Gasteiger partial charge in [-0.25, -0.2) is 4.39 Å². The number of rotatable bonds is 9. The lowest BCUT2D eigenvalue weighted by molar-refractivity contribution is -0.131. The number of ether oxygens (including phenoxy) is 1. The molecule has 128 valence electrons. The largest absolute Gasteiger partial charge is 0.383 e. The van der Waals surface area contributed by atoms with Crippen LogP contribution in [-0.2, 0) is 22.6 Å². The number of hydrogen-bond donors (Lipinski definition) is 1. The van der Waals surface area contributed by atoms with Gasteiger partial charge in [-0.3, -0.25) is 4.79 Å². The maximum atomic E-state index is 13.1. The Bertz CT molecular complexity index is 617. The fourth-order valence-corrected chi connectivity index (χ4v) is 2.33. The van der Waals surface area contributed by atoms with Gasteiger partial charge in [-0.15, -0.1) is 0 Å². The first-order chi connectivity index (χ1) is 11.7. The molecule has 0 aliphatic rings. The van der Waals surface area contributed by atoms with Crippen LogP contribution in [0.1, 0.15) is 11.1 Å². The number of amides is 1. The molecular weight excluding hydrogens is 307 g/mol. The van der Waals surface area contributed by atoms with Gasteiger partial charge in [-0.2, -0.15) is 0 Å². The second kappa shape index (κ2) is 9.80. The molecule has 2 rings (SSSR count). The number of benzene rings is 2. The van der Waals surface area contributed by atoms with Gasteiger partial charge in [0.05, 0.1) is 13.2 Å². The molecule has 0 fully saturated rings. The van der Waals surface area contributed by atoms with Crippen molar-refractivity contribution in [1.29, 1.82) is 0 Å². The quantitative estimate of drug-likeness (QED) is 0.719. The summed E-state index contributed by atoms with van der Waals surface area (Å²) in [5.74, 6) is -0.278. The third-order valence-electron chi connectivity index (χ3n) is 3.61. The molecule has 0 aromatic heterocycles. The summed E-state index contributed by atoms with van der Waals surface area (Å²) in [5, 5.41) is 3.07. The van der Waals surface area contributed by atoms with E-state index < -0.39 is 0 Å². The summed E-state index contributed by atoms with van der Waals surface area (Å²) in [7, 11) is 1.62. The summed E-state index contributed by atoms with van der Waals surface area (Å²) in [4.78, 5) is 14.3. The Morgan fingerprint density at radius 2 is 1.67 bits per heavy atom. The number of methoxy groups -OCH3 is 1. The third kappa shape index (κ3) is 6.10. The highest BCUT2D eigenvalue weighted by molar-refractivity contribution is 5.78. The third-order valence-corrected chi connectivity index (χ3v) is 3.61. The maximum absolute atomic E-state index is 13.1. The molecule has 0 heterocycles. The Labute approximate surface area is 142 Å². The fourth-order valence-electron chi connectivity index (χ4n) is 2.33. The summed E-state index contributed by atoms with van der Waals surface area (Å²) < 4.78 is 18.0. The summed E-state index contributed by atoms with van der Waals surface area (Å²) in [6.07, 6.45) is 0. The highest BCUT2D eigenvalue weighted by Gasteiger charge is 2.14. The van der Waals surface area contributed by atoms with Crippen molar-refractivity contribution in [1.82, 2.24) is 10.2 Å². The van der Waals surface area contributed by atoms with Gasteiger partial charge in [-0.05, 0) is 23.3 Å². The monoisotopic (exact) mass is 330 g/mol. The van der Waals surface area contributed by atoms with Crippen molar-refractivity contribution in [2.75, 3.05) is 26.8 Å². The highest BCUT2D eigenvalue weighted by atomic mass is 19.1. The molecule has 4 nitrogen and oxygen atoms in total. The van der Waals surface area contributed by atoms with Crippen LogP contribution in [0, 0.1) is 5.82 Å². The zero-order valence-corrected chi connectivity index (χ0v) is 13.9. The highest BCUT2D eigenvalue weighted by Crippen LogP contribution is 2.11. The average Bonchev–Trinajstić information content (AvgIpc) is 2.61. The average molecular weight is 330 g/mol. The van der Waals surface area contributed by atoms with Crippen molar-refractivity contribution in [3.63, 3.8) is 0 Å². The van der Waals surface area contributed by atoms with E-state index in [9.17, 15) is 9.18 Å². The van der Waals surface area contributed by atoms with Crippen LogP contribution in [-0.4, -0.2) is 37.6 Å². The van der Waals surface area contributed by atoms with Gasteiger partial charge in [0, 0.05) is 26.7 Å². The predicted molar refractivity (Wildman–Crippen MR) is 91.8 cm³/mol. The van der Waals surface area contributed by atoms with Crippen molar-refractivity contribution in [2.24, 2.45) is 0 Å². The summed E-state index contributed by atoms with van der Waals surface area (Å²) in [6, 6.07) is 16.1. The molecule has 0 saturated carbocycles. The summed E-state index contributed by atoms with van der Waals surface area (Å²) in [5.41, 5.74) is 1.96. The second-order valence-electron chi connectivity index (χ2n) is 5.53. The van der Waals surface area contributed by atoms with Crippen LogP contribution >= 0.6 is 0 Å². The van der Waals surface area contributed by atoms with E-state index in [-0.39, 0.29) is 18.3 Å². The van der Waals surface area contributed by atoms with Gasteiger partial charge in [0.1, 0.15) is 5.82 Å². The van der Waals surface area contributed by atoms with Crippen LogP contribution in [0.2, 0.25) is 0 Å². The molecular formula is C19H23FN2O2. The van der Waals surface area contributed by atoms with Crippen molar-refractivity contribution in [2.45, 2.75) is 13.1 Å². The topological polar surface area (TPSA) is 41.6 Å². The van der Waals surface area contributed by atoms with Crippen LogP contribution in [0.5, 0.6) is 0 Å². The van der Waals surface area contributed by atoms with Gasteiger partial charge in [0.25, 0.3) is 0 Å². The molecule has 0 spiro atoms. The Morgan fingerprint density at radius 1 is 1.04 bits per heavy atom. The predicted octanol–water partition coefficient (Wildman–Crippen LogP) is 2.59. The molecule has 24 heavy (non-hydrogen) atoms.